The second kappa shape index (κ2) is 7.05. The van der Waals surface area contributed by atoms with Gasteiger partial charge in [-0.3, -0.25) is 11.3 Å². The molecule has 1 aromatic carbocycles. The molecule has 0 amide bonds. The van der Waals surface area contributed by atoms with Gasteiger partial charge in [0.1, 0.15) is 0 Å². The summed E-state index contributed by atoms with van der Waals surface area (Å²) in [5.41, 5.74) is 4.25. The normalized spacial score (nSPS) is 14.8. The van der Waals surface area contributed by atoms with E-state index in [2.05, 4.69) is 53.4 Å². The van der Waals surface area contributed by atoms with E-state index in [4.69, 9.17) is 5.84 Å². The number of hydrazine groups is 1. The fourth-order valence-electron chi connectivity index (χ4n) is 1.98. The van der Waals surface area contributed by atoms with Crippen molar-refractivity contribution < 1.29 is 0 Å². The highest BCUT2D eigenvalue weighted by Gasteiger charge is 2.16. The van der Waals surface area contributed by atoms with Gasteiger partial charge in [-0.2, -0.15) is 0 Å². The molecule has 0 saturated carbocycles. The quantitative estimate of drug-likeness (QED) is 0.622. The summed E-state index contributed by atoms with van der Waals surface area (Å²) in [5.74, 6) is 6.24. The monoisotopic (exact) mass is 284 g/mol. The maximum absolute atomic E-state index is 5.64. The molecule has 0 aliphatic heterocycles. The van der Waals surface area contributed by atoms with Crippen LogP contribution in [0.2, 0.25) is 0 Å². The zero-order valence-electron chi connectivity index (χ0n) is 10.0. The van der Waals surface area contributed by atoms with Gasteiger partial charge >= 0.3 is 0 Å². The van der Waals surface area contributed by atoms with E-state index < -0.39 is 0 Å². The third-order valence-electron chi connectivity index (χ3n) is 3.04. The Bertz CT molecular complexity index is 315. The summed E-state index contributed by atoms with van der Waals surface area (Å²) >= 11 is 3.57. The van der Waals surface area contributed by atoms with Crippen LogP contribution in [0.25, 0.3) is 0 Å². The lowest BCUT2D eigenvalue weighted by molar-refractivity contribution is 0.356. The van der Waals surface area contributed by atoms with Gasteiger partial charge in [0.05, 0.1) is 0 Å². The number of benzene rings is 1. The SMILES string of the molecule is CCCC(C)C(Cc1ccccc1Br)NN. The second-order valence-corrected chi connectivity index (χ2v) is 5.19. The summed E-state index contributed by atoms with van der Waals surface area (Å²) in [5, 5.41) is 0. The van der Waals surface area contributed by atoms with Crippen molar-refractivity contribution in [2.75, 3.05) is 0 Å². The molecule has 90 valence electrons. The summed E-state index contributed by atoms with van der Waals surface area (Å²) < 4.78 is 1.17. The van der Waals surface area contributed by atoms with Crippen molar-refractivity contribution in [2.45, 2.75) is 39.2 Å². The minimum absolute atomic E-state index is 0.346. The fraction of sp³-hybridized carbons (Fsp3) is 0.538. The number of halogens is 1. The molecule has 0 aliphatic carbocycles. The van der Waals surface area contributed by atoms with Crippen molar-refractivity contribution in [3.05, 3.63) is 34.3 Å². The van der Waals surface area contributed by atoms with Crippen molar-refractivity contribution in [3.63, 3.8) is 0 Å². The predicted molar refractivity (Wildman–Crippen MR) is 73.0 cm³/mol. The van der Waals surface area contributed by atoms with E-state index in [9.17, 15) is 0 Å². The largest absolute Gasteiger partial charge is 0.271 e. The van der Waals surface area contributed by atoms with E-state index in [1.54, 1.807) is 0 Å². The smallest absolute Gasteiger partial charge is 0.0276 e. The number of rotatable bonds is 6. The van der Waals surface area contributed by atoms with Gasteiger partial charge in [0.15, 0.2) is 0 Å². The molecule has 2 atom stereocenters. The maximum Gasteiger partial charge on any atom is 0.0276 e. The maximum atomic E-state index is 5.64. The van der Waals surface area contributed by atoms with Crippen LogP contribution in [0.5, 0.6) is 0 Å². The zero-order valence-corrected chi connectivity index (χ0v) is 11.6. The molecule has 0 saturated heterocycles. The van der Waals surface area contributed by atoms with Gasteiger partial charge in [0.25, 0.3) is 0 Å². The molecule has 2 unspecified atom stereocenters. The molecule has 1 rings (SSSR count). The highest BCUT2D eigenvalue weighted by Crippen LogP contribution is 2.21. The van der Waals surface area contributed by atoms with Crippen LogP contribution in [-0.2, 0) is 6.42 Å². The molecule has 0 heterocycles. The Morgan fingerprint density at radius 1 is 1.38 bits per heavy atom. The van der Waals surface area contributed by atoms with Gasteiger partial charge in [0, 0.05) is 10.5 Å². The van der Waals surface area contributed by atoms with Crippen molar-refractivity contribution in [2.24, 2.45) is 11.8 Å². The Balaban J connectivity index is 2.66. The average molecular weight is 285 g/mol. The third kappa shape index (κ3) is 3.89. The first-order valence-electron chi connectivity index (χ1n) is 5.88. The Hall–Kier alpha value is -0.380. The molecule has 16 heavy (non-hydrogen) atoms. The highest BCUT2D eigenvalue weighted by molar-refractivity contribution is 9.10. The second-order valence-electron chi connectivity index (χ2n) is 4.33. The van der Waals surface area contributed by atoms with Crippen LogP contribution in [0.15, 0.2) is 28.7 Å². The van der Waals surface area contributed by atoms with Gasteiger partial charge in [-0.15, -0.1) is 0 Å². The van der Waals surface area contributed by atoms with Gasteiger partial charge in [-0.1, -0.05) is 54.4 Å². The van der Waals surface area contributed by atoms with Crippen molar-refractivity contribution in [3.8, 4) is 0 Å². The van der Waals surface area contributed by atoms with Crippen LogP contribution in [0.4, 0.5) is 0 Å². The predicted octanol–water partition coefficient (Wildman–Crippen LogP) is 3.26. The molecule has 3 N–H and O–H groups in total. The first-order chi connectivity index (χ1) is 7.69. The lowest BCUT2D eigenvalue weighted by atomic mass is 9.92. The summed E-state index contributed by atoms with van der Waals surface area (Å²) in [6.07, 6.45) is 3.38. The molecule has 0 aliphatic rings. The molecule has 0 radical (unpaired) electrons. The van der Waals surface area contributed by atoms with Crippen molar-refractivity contribution in [1.82, 2.24) is 5.43 Å². The van der Waals surface area contributed by atoms with Crippen LogP contribution in [0.3, 0.4) is 0 Å². The van der Waals surface area contributed by atoms with Gasteiger partial charge < -0.3 is 0 Å². The molecule has 2 nitrogen and oxygen atoms in total. The number of nitrogens with two attached hydrogens (primary N) is 1. The van der Waals surface area contributed by atoms with E-state index in [1.165, 1.54) is 22.9 Å². The lowest BCUT2D eigenvalue weighted by Gasteiger charge is -2.23. The standard InChI is InChI=1S/C13H21BrN2/c1-3-6-10(2)13(16-15)9-11-7-4-5-8-12(11)14/h4-5,7-8,10,13,16H,3,6,9,15H2,1-2H3. The summed E-state index contributed by atoms with van der Waals surface area (Å²) in [4.78, 5) is 0. The van der Waals surface area contributed by atoms with E-state index in [-0.39, 0.29) is 0 Å². The first-order valence-corrected chi connectivity index (χ1v) is 6.67. The first kappa shape index (κ1) is 13.7. The van der Waals surface area contributed by atoms with Gasteiger partial charge in [-0.05, 0) is 30.4 Å². The highest BCUT2D eigenvalue weighted by atomic mass is 79.9. The van der Waals surface area contributed by atoms with Crippen molar-refractivity contribution >= 4 is 15.9 Å². The minimum Gasteiger partial charge on any atom is -0.271 e. The molecule has 0 bridgehead atoms. The Labute approximate surface area is 107 Å². The fourth-order valence-corrected chi connectivity index (χ4v) is 2.43. The summed E-state index contributed by atoms with van der Waals surface area (Å²) in [6, 6.07) is 8.67. The molecular weight excluding hydrogens is 264 g/mol. The van der Waals surface area contributed by atoms with Crippen molar-refractivity contribution in [1.29, 1.82) is 0 Å². The van der Waals surface area contributed by atoms with E-state index >= 15 is 0 Å². The Kier molecular flexibility index (Phi) is 6.03. The van der Waals surface area contributed by atoms with Crippen LogP contribution in [0, 0.1) is 5.92 Å². The topological polar surface area (TPSA) is 38.0 Å². The number of hydrogen-bond acceptors (Lipinski definition) is 2. The summed E-state index contributed by atoms with van der Waals surface area (Å²) in [7, 11) is 0. The molecular formula is C13H21BrN2. The van der Waals surface area contributed by atoms with E-state index in [0.29, 0.717) is 12.0 Å². The molecule has 0 fully saturated rings. The van der Waals surface area contributed by atoms with Crippen LogP contribution < -0.4 is 11.3 Å². The summed E-state index contributed by atoms with van der Waals surface area (Å²) in [6.45, 7) is 4.47. The van der Waals surface area contributed by atoms with E-state index in [1.807, 2.05) is 6.07 Å². The van der Waals surface area contributed by atoms with E-state index in [0.717, 1.165) is 6.42 Å². The minimum atomic E-state index is 0.346. The Morgan fingerprint density at radius 2 is 2.06 bits per heavy atom. The lowest BCUT2D eigenvalue weighted by Crippen LogP contribution is -2.41. The third-order valence-corrected chi connectivity index (χ3v) is 3.82. The Morgan fingerprint density at radius 3 is 2.62 bits per heavy atom. The molecule has 0 aromatic heterocycles. The van der Waals surface area contributed by atoms with Gasteiger partial charge in [0.2, 0.25) is 0 Å². The van der Waals surface area contributed by atoms with Crippen LogP contribution in [-0.4, -0.2) is 6.04 Å². The van der Waals surface area contributed by atoms with Crippen LogP contribution >= 0.6 is 15.9 Å². The van der Waals surface area contributed by atoms with Gasteiger partial charge in [-0.25, -0.2) is 0 Å². The van der Waals surface area contributed by atoms with Crippen LogP contribution in [0.1, 0.15) is 32.3 Å². The zero-order chi connectivity index (χ0) is 12.0. The molecule has 0 spiro atoms. The molecule has 1 aromatic rings. The molecule has 3 heteroatoms. The average Bonchev–Trinajstić information content (AvgIpc) is 2.28. The number of nitrogens with one attached hydrogen (secondary N) is 1. The number of hydrogen-bond donors (Lipinski definition) is 2.